The molecule has 1 fully saturated rings. The van der Waals surface area contributed by atoms with E-state index in [-0.39, 0.29) is 23.9 Å². The van der Waals surface area contributed by atoms with Crippen LogP contribution in [0.15, 0.2) is 47.4 Å². The van der Waals surface area contributed by atoms with Crippen molar-refractivity contribution in [2.45, 2.75) is 13.8 Å². The van der Waals surface area contributed by atoms with Crippen LogP contribution in [0.4, 0.5) is 10.5 Å². The first-order valence-electron chi connectivity index (χ1n) is 11.1. The highest BCUT2D eigenvalue weighted by Gasteiger charge is 2.36. The fourth-order valence-electron chi connectivity index (χ4n) is 3.17. The number of thioether (sulfide) groups is 1. The zero-order chi connectivity index (χ0) is 26.1. The largest absolute Gasteiger partial charge is 0.494 e. The molecule has 2 aromatic rings. The van der Waals surface area contributed by atoms with E-state index >= 15 is 0 Å². The molecular weight excluding hydrogens is 488 g/mol. The fourth-order valence-corrected chi connectivity index (χ4v) is 4.01. The van der Waals surface area contributed by atoms with Crippen molar-refractivity contribution in [2.24, 2.45) is 0 Å². The number of hydrogen-bond acceptors (Lipinski definition) is 9. The van der Waals surface area contributed by atoms with Crippen LogP contribution >= 0.6 is 11.8 Å². The summed E-state index contributed by atoms with van der Waals surface area (Å²) >= 11 is 0.729. The van der Waals surface area contributed by atoms with Crippen molar-refractivity contribution in [2.75, 3.05) is 38.8 Å². The first kappa shape index (κ1) is 26.6. The zero-order valence-electron chi connectivity index (χ0n) is 20.1. The number of carbonyl (C=O) groups is 4. The number of nitrogens with one attached hydrogen (secondary N) is 1. The van der Waals surface area contributed by atoms with Crippen LogP contribution in [-0.2, 0) is 19.1 Å². The number of carbonyl (C=O) groups excluding carboxylic acids is 4. The summed E-state index contributed by atoms with van der Waals surface area (Å²) in [6.07, 6.45) is 1.51. The molecule has 1 N–H and O–H groups in total. The molecule has 0 saturated carbocycles. The van der Waals surface area contributed by atoms with Gasteiger partial charge in [0.2, 0.25) is 5.91 Å². The van der Waals surface area contributed by atoms with Crippen molar-refractivity contribution in [3.8, 4) is 17.2 Å². The molecule has 0 radical (unpaired) electrons. The Balaban J connectivity index is 1.67. The fraction of sp³-hybridized carbons (Fsp3) is 0.280. The molecule has 1 aliphatic rings. The van der Waals surface area contributed by atoms with Gasteiger partial charge in [-0.15, -0.1) is 0 Å². The van der Waals surface area contributed by atoms with Crippen molar-refractivity contribution in [1.82, 2.24) is 4.90 Å². The Kier molecular flexibility index (Phi) is 9.34. The van der Waals surface area contributed by atoms with Crippen LogP contribution < -0.4 is 19.5 Å². The van der Waals surface area contributed by atoms with E-state index in [4.69, 9.17) is 18.9 Å². The predicted molar refractivity (Wildman–Crippen MR) is 134 cm³/mol. The van der Waals surface area contributed by atoms with Crippen LogP contribution in [0.1, 0.15) is 19.4 Å². The lowest BCUT2D eigenvalue weighted by atomic mass is 10.2. The average Bonchev–Trinajstić information content (AvgIpc) is 3.11. The highest BCUT2D eigenvalue weighted by molar-refractivity contribution is 8.18. The summed E-state index contributed by atoms with van der Waals surface area (Å²) in [6.45, 7) is 3.58. The molecule has 11 heteroatoms. The molecule has 10 nitrogen and oxygen atoms in total. The van der Waals surface area contributed by atoms with E-state index in [9.17, 15) is 19.2 Å². The van der Waals surface area contributed by atoms with Gasteiger partial charge in [0.1, 0.15) is 12.3 Å². The summed E-state index contributed by atoms with van der Waals surface area (Å²) in [4.78, 5) is 50.3. The maximum atomic E-state index is 12.8. The normalized spacial score (nSPS) is 14.1. The third-order valence-electron chi connectivity index (χ3n) is 4.76. The summed E-state index contributed by atoms with van der Waals surface area (Å²) in [7, 11) is 1.45. The number of benzene rings is 2. The minimum Gasteiger partial charge on any atom is -0.494 e. The lowest BCUT2D eigenvalue weighted by Gasteiger charge is -2.13. The number of hydrogen-bond donors (Lipinski definition) is 1. The molecule has 0 aliphatic carbocycles. The minimum absolute atomic E-state index is 0.148. The van der Waals surface area contributed by atoms with Crippen molar-refractivity contribution in [3.05, 3.63) is 52.9 Å². The summed E-state index contributed by atoms with van der Waals surface area (Å²) in [5.41, 5.74) is 1.05. The number of methoxy groups -OCH3 is 1. The van der Waals surface area contributed by atoms with Crippen molar-refractivity contribution >= 4 is 46.5 Å². The van der Waals surface area contributed by atoms with Gasteiger partial charge < -0.3 is 24.3 Å². The Morgan fingerprint density at radius 2 is 1.75 bits per heavy atom. The molecule has 0 spiro atoms. The maximum absolute atomic E-state index is 12.8. The molecule has 190 valence electrons. The van der Waals surface area contributed by atoms with Gasteiger partial charge >= 0.3 is 5.97 Å². The molecule has 0 unspecified atom stereocenters. The average molecular weight is 515 g/mol. The molecule has 0 aromatic heterocycles. The lowest BCUT2D eigenvalue weighted by molar-refractivity contribution is -0.145. The van der Waals surface area contributed by atoms with E-state index in [1.165, 1.54) is 13.2 Å². The van der Waals surface area contributed by atoms with Gasteiger partial charge in [-0.2, -0.15) is 0 Å². The standard InChI is InChI=1S/C25H26N2O8S/c1-4-33-18-9-7-17(8-10-18)26-22(28)14-27-24(30)21(36-25(27)31)13-16-6-11-19(32-3)20(12-16)35-15-23(29)34-5-2/h6-13H,4-5,14-15H2,1-3H3,(H,26,28)/b21-13-. The Morgan fingerprint density at radius 1 is 1.00 bits per heavy atom. The third-order valence-corrected chi connectivity index (χ3v) is 5.67. The highest BCUT2D eigenvalue weighted by Crippen LogP contribution is 2.34. The van der Waals surface area contributed by atoms with E-state index in [0.29, 0.717) is 29.4 Å². The van der Waals surface area contributed by atoms with Crippen molar-refractivity contribution in [3.63, 3.8) is 0 Å². The molecule has 1 heterocycles. The van der Waals surface area contributed by atoms with Crippen LogP contribution in [0.3, 0.4) is 0 Å². The lowest BCUT2D eigenvalue weighted by Crippen LogP contribution is -2.36. The molecule has 0 atom stereocenters. The minimum atomic E-state index is -0.586. The van der Waals surface area contributed by atoms with Crippen LogP contribution in [0, 0.1) is 0 Å². The highest BCUT2D eigenvalue weighted by atomic mass is 32.2. The van der Waals surface area contributed by atoms with Gasteiger partial charge in [-0.1, -0.05) is 6.07 Å². The number of rotatable bonds is 11. The summed E-state index contributed by atoms with van der Waals surface area (Å²) < 4.78 is 20.9. The number of nitrogens with zero attached hydrogens (tertiary/aromatic N) is 1. The summed E-state index contributed by atoms with van der Waals surface area (Å²) in [5, 5.41) is 2.10. The molecular formula is C25H26N2O8S. The number of esters is 1. The number of imide groups is 1. The quantitative estimate of drug-likeness (QED) is 0.353. The number of amides is 3. The van der Waals surface area contributed by atoms with E-state index < -0.39 is 29.6 Å². The van der Waals surface area contributed by atoms with Gasteiger partial charge in [0.05, 0.1) is 25.2 Å². The molecule has 0 bridgehead atoms. The summed E-state index contributed by atoms with van der Waals surface area (Å²) in [5.74, 6) is -0.309. The van der Waals surface area contributed by atoms with Gasteiger partial charge in [0.15, 0.2) is 18.1 Å². The van der Waals surface area contributed by atoms with Gasteiger partial charge in [-0.3, -0.25) is 19.3 Å². The molecule has 3 rings (SSSR count). The van der Waals surface area contributed by atoms with Gasteiger partial charge in [0.25, 0.3) is 11.1 Å². The second-order valence-corrected chi connectivity index (χ2v) is 8.27. The van der Waals surface area contributed by atoms with E-state index in [0.717, 1.165) is 16.7 Å². The van der Waals surface area contributed by atoms with E-state index in [1.54, 1.807) is 49.4 Å². The Labute approximate surface area is 212 Å². The Bertz CT molecular complexity index is 1160. The number of ether oxygens (including phenoxy) is 4. The van der Waals surface area contributed by atoms with Gasteiger partial charge in [-0.05, 0) is 73.6 Å². The van der Waals surface area contributed by atoms with Crippen molar-refractivity contribution in [1.29, 1.82) is 0 Å². The molecule has 3 amide bonds. The number of anilines is 1. The van der Waals surface area contributed by atoms with Crippen LogP contribution in [-0.4, -0.2) is 61.4 Å². The predicted octanol–water partition coefficient (Wildman–Crippen LogP) is 3.71. The van der Waals surface area contributed by atoms with Crippen LogP contribution in [0.2, 0.25) is 0 Å². The molecule has 1 aliphatic heterocycles. The van der Waals surface area contributed by atoms with Crippen LogP contribution in [0.5, 0.6) is 17.2 Å². The van der Waals surface area contributed by atoms with E-state index in [2.05, 4.69) is 5.32 Å². The first-order valence-corrected chi connectivity index (χ1v) is 11.9. The van der Waals surface area contributed by atoms with Gasteiger partial charge in [-0.25, -0.2) is 4.79 Å². The van der Waals surface area contributed by atoms with E-state index in [1.807, 2.05) is 6.92 Å². The monoisotopic (exact) mass is 514 g/mol. The zero-order valence-corrected chi connectivity index (χ0v) is 20.9. The van der Waals surface area contributed by atoms with Crippen molar-refractivity contribution < 1.29 is 38.1 Å². The Hall–Kier alpha value is -3.99. The Morgan fingerprint density at radius 3 is 2.42 bits per heavy atom. The summed E-state index contributed by atoms with van der Waals surface area (Å²) in [6, 6.07) is 11.6. The third kappa shape index (κ3) is 7.01. The maximum Gasteiger partial charge on any atom is 0.344 e. The van der Waals surface area contributed by atoms with Gasteiger partial charge in [0, 0.05) is 5.69 Å². The first-order chi connectivity index (χ1) is 17.3. The molecule has 1 saturated heterocycles. The smallest absolute Gasteiger partial charge is 0.344 e. The topological polar surface area (TPSA) is 120 Å². The van der Waals surface area contributed by atoms with Crippen LogP contribution in [0.25, 0.3) is 6.08 Å². The second kappa shape index (κ2) is 12.6. The second-order valence-electron chi connectivity index (χ2n) is 7.28. The SMILES string of the molecule is CCOC(=O)COc1cc(/C=C2\SC(=O)N(CC(=O)Nc3ccc(OCC)cc3)C2=O)ccc1OC. The molecule has 2 aromatic carbocycles. The molecule has 36 heavy (non-hydrogen) atoms.